The zero-order valence-electron chi connectivity index (χ0n) is 15.2. The first-order chi connectivity index (χ1) is 12.3. The number of hydrogen-bond acceptors (Lipinski definition) is 5. The first-order valence-corrected chi connectivity index (χ1v) is 10.7. The number of benzene rings is 1. The van der Waals surface area contributed by atoms with Gasteiger partial charge >= 0.3 is 0 Å². The number of rotatable bonds is 5. The molecule has 2 aliphatic heterocycles. The third-order valence-corrected chi connectivity index (χ3v) is 6.67. The normalized spacial score (nSPS) is 22.2. The van der Waals surface area contributed by atoms with Crippen molar-refractivity contribution in [1.29, 1.82) is 0 Å². The van der Waals surface area contributed by atoms with E-state index >= 15 is 0 Å². The van der Waals surface area contributed by atoms with Crippen LogP contribution in [0.25, 0.3) is 0 Å². The van der Waals surface area contributed by atoms with Gasteiger partial charge in [-0.05, 0) is 30.5 Å². The summed E-state index contributed by atoms with van der Waals surface area (Å²) in [6.45, 7) is 0.738. The van der Waals surface area contributed by atoms with Gasteiger partial charge in [0, 0.05) is 32.7 Å². The molecule has 7 nitrogen and oxygen atoms in total. The summed E-state index contributed by atoms with van der Waals surface area (Å²) in [5.74, 6) is 0.165. The second-order valence-electron chi connectivity index (χ2n) is 7.13. The van der Waals surface area contributed by atoms with Crippen LogP contribution in [0.3, 0.4) is 0 Å². The molecule has 8 heteroatoms. The summed E-state index contributed by atoms with van der Waals surface area (Å²) in [6, 6.07) is 7.15. The molecule has 2 fully saturated rings. The maximum absolute atomic E-state index is 12.8. The summed E-state index contributed by atoms with van der Waals surface area (Å²) in [6.07, 6.45) is 2.13. The van der Waals surface area contributed by atoms with E-state index < -0.39 is 9.84 Å². The number of hydrazine groups is 1. The van der Waals surface area contributed by atoms with Crippen LogP contribution in [-0.2, 0) is 25.8 Å². The minimum absolute atomic E-state index is 0.0208. The van der Waals surface area contributed by atoms with Gasteiger partial charge in [-0.2, -0.15) is 0 Å². The molecule has 0 unspecified atom stereocenters. The fourth-order valence-corrected chi connectivity index (χ4v) is 5.38. The van der Waals surface area contributed by atoms with Crippen LogP contribution in [0.2, 0.25) is 0 Å². The Hall–Kier alpha value is -1.93. The molecule has 1 aromatic carbocycles. The maximum Gasteiger partial charge on any atom is 0.241 e. The van der Waals surface area contributed by atoms with Gasteiger partial charge in [0.15, 0.2) is 9.84 Å². The quantitative estimate of drug-likeness (QED) is 0.709. The van der Waals surface area contributed by atoms with Gasteiger partial charge in [-0.15, -0.1) is 0 Å². The van der Waals surface area contributed by atoms with Crippen LogP contribution >= 0.6 is 0 Å². The van der Waals surface area contributed by atoms with E-state index in [0.717, 1.165) is 24.2 Å². The summed E-state index contributed by atoms with van der Waals surface area (Å²) in [5, 5.41) is 3.23. The van der Waals surface area contributed by atoms with E-state index in [1.807, 2.05) is 24.3 Å². The fraction of sp³-hybridized carbons (Fsp3) is 0.556. The highest BCUT2D eigenvalue weighted by Crippen LogP contribution is 2.23. The van der Waals surface area contributed by atoms with Crippen molar-refractivity contribution in [2.75, 3.05) is 37.0 Å². The average molecular weight is 379 g/mol. The Morgan fingerprint density at radius 1 is 1.23 bits per heavy atom. The summed E-state index contributed by atoms with van der Waals surface area (Å²) < 4.78 is 23.5. The fourth-order valence-electron chi connectivity index (χ4n) is 3.69. The third kappa shape index (κ3) is 4.07. The van der Waals surface area contributed by atoms with Gasteiger partial charge in [-0.25, -0.2) is 13.4 Å². The second kappa shape index (κ2) is 7.36. The van der Waals surface area contributed by atoms with Crippen molar-refractivity contribution < 1.29 is 18.0 Å². The molecule has 142 valence electrons. The number of anilines is 1. The van der Waals surface area contributed by atoms with Crippen LogP contribution < -0.4 is 4.90 Å². The minimum atomic E-state index is -3.06. The van der Waals surface area contributed by atoms with Crippen LogP contribution in [-0.4, -0.2) is 68.4 Å². The zero-order valence-corrected chi connectivity index (χ0v) is 16.0. The molecular weight excluding hydrogens is 354 g/mol. The van der Waals surface area contributed by atoms with Gasteiger partial charge in [-0.3, -0.25) is 14.6 Å². The summed E-state index contributed by atoms with van der Waals surface area (Å²) in [4.78, 5) is 26.3. The zero-order chi connectivity index (χ0) is 18.9. The van der Waals surface area contributed by atoms with E-state index in [4.69, 9.17) is 0 Å². The summed E-state index contributed by atoms with van der Waals surface area (Å²) in [5.41, 5.74) is 1.70. The molecule has 1 atom stereocenters. The Labute approximate surface area is 154 Å². The SMILES string of the molecule is CN(C)N(C(=O)Cc1ccc(N2CCCC2=O)cc1)[C@H]1CCS(=O)(=O)C1. The molecule has 0 spiro atoms. The van der Waals surface area contributed by atoms with Crippen molar-refractivity contribution in [1.82, 2.24) is 10.0 Å². The number of amides is 2. The van der Waals surface area contributed by atoms with E-state index in [-0.39, 0.29) is 35.8 Å². The standard InChI is InChI=1S/C18H25N3O4S/c1-19(2)21(16-9-11-26(24,25)13-16)18(23)12-14-5-7-15(8-6-14)20-10-3-4-17(20)22/h5-8,16H,3-4,9-13H2,1-2H3/t16-/m0/s1. The Bertz CT molecular complexity index is 789. The lowest BCUT2D eigenvalue weighted by Gasteiger charge is -2.33. The number of hydrogen-bond donors (Lipinski definition) is 0. The molecule has 26 heavy (non-hydrogen) atoms. The number of carbonyl (C=O) groups excluding carboxylic acids is 2. The molecule has 1 aromatic rings. The Morgan fingerprint density at radius 2 is 1.92 bits per heavy atom. The lowest BCUT2D eigenvalue weighted by Crippen LogP contribution is -2.49. The van der Waals surface area contributed by atoms with E-state index in [1.165, 1.54) is 0 Å². The van der Waals surface area contributed by atoms with Crippen LogP contribution in [0.15, 0.2) is 24.3 Å². The largest absolute Gasteiger partial charge is 0.312 e. The lowest BCUT2D eigenvalue weighted by atomic mass is 10.1. The topological polar surface area (TPSA) is 78.0 Å². The van der Waals surface area contributed by atoms with Crippen LogP contribution in [0.4, 0.5) is 5.69 Å². The highest BCUT2D eigenvalue weighted by molar-refractivity contribution is 7.91. The van der Waals surface area contributed by atoms with Crippen molar-refractivity contribution in [3.8, 4) is 0 Å². The van der Waals surface area contributed by atoms with Crippen molar-refractivity contribution in [3.05, 3.63) is 29.8 Å². The molecule has 0 saturated carbocycles. The molecule has 2 heterocycles. The van der Waals surface area contributed by atoms with E-state index in [2.05, 4.69) is 0 Å². The van der Waals surface area contributed by atoms with E-state index in [9.17, 15) is 18.0 Å². The average Bonchev–Trinajstić information content (AvgIpc) is 3.13. The van der Waals surface area contributed by atoms with Gasteiger partial charge in [0.05, 0.1) is 24.0 Å². The van der Waals surface area contributed by atoms with Crippen molar-refractivity contribution in [3.63, 3.8) is 0 Å². The van der Waals surface area contributed by atoms with Gasteiger partial charge in [-0.1, -0.05) is 12.1 Å². The van der Waals surface area contributed by atoms with Crippen molar-refractivity contribution in [2.24, 2.45) is 0 Å². The Balaban J connectivity index is 1.68. The molecule has 0 aliphatic carbocycles. The Morgan fingerprint density at radius 3 is 2.42 bits per heavy atom. The predicted octanol–water partition coefficient (Wildman–Crippen LogP) is 0.848. The van der Waals surface area contributed by atoms with E-state index in [0.29, 0.717) is 12.8 Å². The van der Waals surface area contributed by atoms with Crippen LogP contribution in [0.1, 0.15) is 24.8 Å². The monoisotopic (exact) mass is 379 g/mol. The molecule has 2 amide bonds. The summed E-state index contributed by atoms with van der Waals surface area (Å²) in [7, 11) is 0.451. The van der Waals surface area contributed by atoms with Crippen LogP contribution in [0.5, 0.6) is 0 Å². The molecule has 0 radical (unpaired) electrons. The van der Waals surface area contributed by atoms with E-state index in [1.54, 1.807) is 29.0 Å². The molecule has 0 aromatic heterocycles. The second-order valence-corrected chi connectivity index (χ2v) is 9.36. The van der Waals surface area contributed by atoms with Gasteiger partial charge in [0.1, 0.15) is 0 Å². The van der Waals surface area contributed by atoms with Gasteiger partial charge in [0.2, 0.25) is 11.8 Å². The summed E-state index contributed by atoms with van der Waals surface area (Å²) >= 11 is 0. The highest BCUT2D eigenvalue weighted by atomic mass is 32.2. The molecule has 0 N–H and O–H groups in total. The van der Waals surface area contributed by atoms with Crippen molar-refractivity contribution in [2.45, 2.75) is 31.7 Å². The third-order valence-electron chi connectivity index (χ3n) is 4.92. The molecule has 0 bridgehead atoms. The molecule has 2 saturated heterocycles. The molecular formula is C18H25N3O4S. The molecule has 2 aliphatic rings. The minimum Gasteiger partial charge on any atom is -0.312 e. The molecule has 3 rings (SSSR count). The maximum atomic E-state index is 12.8. The smallest absolute Gasteiger partial charge is 0.241 e. The van der Waals surface area contributed by atoms with Crippen LogP contribution in [0, 0.1) is 0 Å². The number of sulfone groups is 1. The first-order valence-electron chi connectivity index (χ1n) is 8.86. The lowest BCUT2D eigenvalue weighted by molar-refractivity contribution is -0.148. The number of nitrogens with zero attached hydrogens (tertiary/aromatic N) is 3. The highest BCUT2D eigenvalue weighted by Gasteiger charge is 2.35. The van der Waals surface area contributed by atoms with Gasteiger partial charge < -0.3 is 4.90 Å². The Kier molecular flexibility index (Phi) is 5.34. The van der Waals surface area contributed by atoms with Crippen molar-refractivity contribution >= 4 is 27.3 Å². The first kappa shape index (κ1) is 18.8. The number of carbonyl (C=O) groups is 2. The predicted molar refractivity (Wildman–Crippen MR) is 99.3 cm³/mol. The van der Waals surface area contributed by atoms with Gasteiger partial charge in [0.25, 0.3) is 0 Å².